The normalized spacial score (nSPS) is 12.1. The number of ether oxygens (including phenoxy) is 1. The first-order valence-corrected chi connectivity index (χ1v) is 8.81. The van der Waals surface area contributed by atoms with Gasteiger partial charge in [-0.05, 0) is 40.5 Å². The van der Waals surface area contributed by atoms with Crippen LogP contribution >= 0.6 is 7.14 Å². The molecule has 0 aromatic carbocycles. The van der Waals surface area contributed by atoms with Crippen molar-refractivity contribution in [2.45, 2.75) is 39.2 Å². The van der Waals surface area contributed by atoms with Crippen LogP contribution in [0.5, 0.6) is 0 Å². The van der Waals surface area contributed by atoms with Crippen molar-refractivity contribution < 1.29 is 18.9 Å². The highest BCUT2D eigenvalue weighted by Crippen LogP contribution is 2.35. The number of amides is 1. The first-order chi connectivity index (χ1) is 7.99. The largest absolute Gasteiger partial charge is 0.444 e. The molecule has 0 saturated carbocycles. The second-order valence-electron chi connectivity index (χ2n) is 5.80. The Morgan fingerprint density at radius 3 is 2.22 bits per heavy atom. The zero-order valence-electron chi connectivity index (χ0n) is 11.9. The van der Waals surface area contributed by atoms with Crippen LogP contribution in [0.25, 0.3) is 0 Å². The molecule has 0 unspecified atom stereocenters. The second kappa shape index (κ2) is 6.93. The Bertz CT molecular complexity index is 340. The summed E-state index contributed by atoms with van der Waals surface area (Å²) in [6.45, 7) is 8.95. The minimum Gasteiger partial charge on any atom is -0.444 e. The van der Waals surface area contributed by atoms with Crippen LogP contribution in [0.2, 0.25) is 0 Å². The smallest absolute Gasteiger partial charge is 0.407 e. The Balaban J connectivity index is 3.72. The molecule has 0 spiro atoms. The quantitative estimate of drug-likeness (QED) is 0.598. The van der Waals surface area contributed by atoms with Crippen LogP contribution in [0.3, 0.4) is 0 Å². The van der Waals surface area contributed by atoms with Crippen molar-refractivity contribution in [3.8, 4) is 0 Å². The minimum absolute atomic E-state index is 0.0191. The maximum atomic E-state index is 11.4. The predicted octanol–water partition coefficient (Wildman–Crippen LogP) is 2.48. The van der Waals surface area contributed by atoms with E-state index in [2.05, 4.69) is 5.32 Å². The molecule has 18 heavy (non-hydrogen) atoms. The van der Waals surface area contributed by atoms with Gasteiger partial charge >= 0.3 is 6.09 Å². The molecule has 0 saturated heterocycles. The first kappa shape index (κ1) is 17.2. The molecule has 0 bridgehead atoms. The summed E-state index contributed by atoms with van der Waals surface area (Å²) in [7, 11) is -2.28. The maximum Gasteiger partial charge on any atom is 0.407 e. The van der Waals surface area contributed by atoms with Gasteiger partial charge in [0, 0.05) is 13.0 Å². The summed E-state index contributed by atoms with van der Waals surface area (Å²) < 4.78 is 16.5. The minimum atomic E-state index is -2.28. The van der Waals surface area contributed by atoms with Crippen molar-refractivity contribution in [2.75, 3.05) is 26.0 Å². The molecule has 0 heterocycles. The number of Topliss-reactive ketones (excluding diaryl/α,β-unsaturated/α-hetero) is 1. The highest BCUT2D eigenvalue weighted by molar-refractivity contribution is 7.63. The van der Waals surface area contributed by atoms with Gasteiger partial charge in [0.2, 0.25) is 0 Å². The van der Waals surface area contributed by atoms with Crippen molar-refractivity contribution >= 4 is 19.0 Å². The Labute approximate surface area is 109 Å². The summed E-state index contributed by atoms with van der Waals surface area (Å²) in [4.78, 5) is 22.7. The number of hydrogen-bond donors (Lipinski definition) is 1. The molecule has 5 nitrogen and oxygen atoms in total. The summed E-state index contributed by atoms with van der Waals surface area (Å²) in [5.74, 6) is -0.0191. The molecule has 1 amide bonds. The van der Waals surface area contributed by atoms with E-state index in [0.717, 1.165) is 0 Å². The zero-order chi connectivity index (χ0) is 14.4. The predicted molar refractivity (Wildman–Crippen MR) is 72.8 cm³/mol. The molecule has 106 valence electrons. The highest BCUT2D eigenvalue weighted by Gasteiger charge is 2.16. The Kier molecular flexibility index (Phi) is 6.61. The van der Waals surface area contributed by atoms with Gasteiger partial charge in [-0.25, -0.2) is 4.79 Å². The summed E-state index contributed by atoms with van der Waals surface area (Å²) in [5, 5.41) is 2.57. The van der Waals surface area contributed by atoms with E-state index < -0.39 is 18.8 Å². The van der Waals surface area contributed by atoms with E-state index in [0.29, 0.717) is 19.4 Å². The maximum absolute atomic E-state index is 11.4. The summed E-state index contributed by atoms with van der Waals surface area (Å²) in [5.41, 5.74) is -0.517. The third-order valence-corrected chi connectivity index (χ3v) is 2.97. The van der Waals surface area contributed by atoms with E-state index >= 15 is 0 Å². The average Bonchev–Trinajstić information content (AvgIpc) is 2.06. The van der Waals surface area contributed by atoms with E-state index in [-0.39, 0.29) is 11.9 Å². The van der Waals surface area contributed by atoms with Crippen LogP contribution in [0.15, 0.2) is 0 Å². The van der Waals surface area contributed by atoms with Crippen molar-refractivity contribution in [1.29, 1.82) is 0 Å². The van der Waals surface area contributed by atoms with Gasteiger partial charge < -0.3 is 14.6 Å². The SMILES string of the molecule is CC(C)(C)OC(=O)NCCCC(=O)CP(C)(C)=O. The second-order valence-corrected chi connectivity index (χ2v) is 9.27. The summed E-state index contributed by atoms with van der Waals surface area (Å²) in [6.07, 6.45) is 0.533. The van der Waals surface area contributed by atoms with Gasteiger partial charge in [-0.2, -0.15) is 0 Å². The molecular formula is C12H24NO4P. The summed E-state index contributed by atoms with van der Waals surface area (Å²) >= 11 is 0. The van der Waals surface area contributed by atoms with E-state index in [1.807, 2.05) is 0 Å². The molecule has 0 radical (unpaired) electrons. The average molecular weight is 277 g/mol. The fraction of sp³-hybridized carbons (Fsp3) is 0.833. The molecule has 0 atom stereocenters. The van der Waals surface area contributed by atoms with Gasteiger partial charge in [0.05, 0.1) is 13.3 Å². The first-order valence-electron chi connectivity index (χ1n) is 6.02. The number of carbonyl (C=O) groups is 2. The summed E-state index contributed by atoms with van der Waals surface area (Å²) in [6, 6.07) is 0. The Hall–Kier alpha value is -0.830. The molecule has 0 rings (SSSR count). The third-order valence-electron chi connectivity index (χ3n) is 1.86. The standard InChI is InChI=1S/C12H24NO4P/c1-12(2,3)17-11(15)13-8-6-7-10(14)9-18(4,5)16/h6-9H2,1-5H3,(H,13,15). The van der Waals surface area contributed by atoms with Gasteiger partial charge in [0.25, 0.3) is 0 Å². The lowest BCUT2D eigenvalue weighted by Gasteiger charge is -2.19. The van der Waals surface area contributed by atoms with Crippen molar-refractivity contribution in [3.05, 3.63) is 0 Å². The lowest BCUT2D eigenvalue weighted by molar-refractivity contribution is -0.116. The van der Waals surface area contributed by atoms with Gasteiger partial charge in [-0.15, -0.1) is 0 Å². The van der Waals surface area contributed by atoms with Crippen molar-refractivity contribution in [1.82, 2.24) is 5.32 Å². The third kappa shape index (κ3) is 11.6. The van der Waals surface area contributed by atoms with Gasteiger partial charge in [-0.1, -0.05) is 0 Å². The fourth-order valence-electron chi connectivity index (χ4n) is 1.29. The van der Waals surface area contributed by atoms with Crippen LogP contribution in [0, 0.1) is 0 Å². The molecule has 0 aliphatic rings. The van der Waals surface area contributed by atoms with Gasteiger partial charge in [0.15, 0.2) is 0 Å². The van der Waals surface area contributed by atoms with Crippen molar-refractivity contribution in [2.24, 2.45) is 0 Å². The molecule has 6 heteroatoms. The Morgan fingerprint density at radius 1 is 1.22 bits per heavy atom. The Morgan fingerprint density at radius 2 is 1.78 bits per heavy atom. The van der Waals surface area contributed by atoms with Crippen LogP contribution < -0.4 is 5.32 Å². The molecule has 0 aromatic rings. The number of ketones is 1. The lowest BCUT2D eigenvalue weighted by Crippen LogP contribution is -2.33. The van der Waals surface area contributed by atoms with Crippen LogP contribution in [0.1, 0.15) is 33.6 Å². The number of alkyl carbamates (subject to hydrolysis) is 1. The van der Waals surface area contributed by atoms with E-state index in [4.69, 9.17) is 4.74 Å². The fourth-order valence-corrected chi connectivity index (χ4v) is 2.30. The van der Waals surface area contributed by atoms with E-state index in [1.165, 1.54) is 0 Å². The van der Waals surface area contributed by atoms with Gasteiger partial charge in [0.1, 0.15) is 11.4 Å². The number of hydrogen-bond acceptors (Lipinski definition) is 4. The molecule has 1 N–H and O–H groups in total. The highest BCUT2D eigenvalue weighted by atomic mass is 31.2. The zero-order valence-corrected chi connectivity index (χ0v) is 12.8. The number of nitrogens with one attached hydrogen (secondary N) is 1. The van der Waals surface area contributed by atoms with Gasteiger partial charge in [-0.3, -0.25) is 4.79 Å². The molecular weight excluding hydrogens is 253 g/mol. The van der Waals surface area contributed by atoms with E-state index in [9.17, 15) is 14.2 Å². The topological polar surface area (TPSA) is 72.5 Å². The molecule has 0 aromatic heterocycles. The number of carbonyl (C=O) groups excluding carboxylic acids is 2. The van der Waals surface area contributed by atoms with Crippen LogP contribution in [0.4, 0.5) is 4.79 Å². The monoisotopic (exact) mass is 277 g/mol. The molecule has 0 fully saturated rings. The van der Waals surface area contributed by atoms with Crippen LogP contribution in [-0.2, 0) is 14.1 Å². The number of rotatable bonds is 6. The lowest BCUT2D eigenvalue weighted by atomic mass is 10.2. The molecule has 0 aliphatic heterocycles. The van der Waals surface area contributed by atoms with Crippen LogP contribution in [-0.4, -0.2) is 43.5 Å². The van der Waals surface area contributed by atoms with Crippen molar-refractivity contribution in [3.63, 3.8) is 0 Å². The molecule has 0 aliphatic carbocycles. The van der Waals surface area contributed by atoms with E-state index in [1.54, 1.807) is 34.1 Å².